The number of hydrogen-bond acceptors (Lipinski definition) is 3. The number of likely N-dealkylation sites (tertiary alicyclic amines) is 1. The van der Waals surface area contributed by atoms with Crippen molar-refractivity contribution in [3.63, 3.8) is 0 Å². The molecule has 0 saturated carbocycles. The first kappa shape index (κ1) is 12.7. The Bertz CT molecular complexity index is 204. The fourth-order valence-electron chi connectivity index (χ4n) is 2.13. The number of ketones is 1. The van der Waals surface area contributed by atoms with Crippen LogP contribution >= 0.6 is 0 Å². The maximum atomic E-state index is 11.8. The second kappa shape index (κ2) is 6.23. The van der Waals surface area contributed by atoms with Crippen LogP contribution in [0.4, 0.5) is 0 Å². The molecular weight excluding hydrogens is 190 g/mol. The minimum absolute atomic E-state index is 0.0975. The summed E-state index contributed by atoms with van der Waals surface area (Å²) in [6.07, 6.45) is 2.81. The van der Waals surface area contributed by atoms with E-state index in [1.54, 1.807) is 0 Å². The number of piperidine rings is 1. The van der Waals surface area contributed by atoms with E-state index in [0.29, 0.717) is 12.2 Å². The van der Waals surface area contributed by atoms with Crippen LogP contribution in [0.5, 0.6) is 0 Å². The van der Waals surface area contributed by atoms with Crippen LogP contribution in [0.1, 0.15) is 33.1 Å². The smallest absolute Gasteiger partial charge is 0.139 e. The molecule has 1 aliphatic heterocycles. The van der Waals surface area contributed by atoms with Gasteiger partial charge in [-0.15, -0.1) is 0 Å². The zero-order valence-corrected chi connectivity index (χ0v) is 10.2. The van der Waals surface area contributed by atoms with Gasteiger partial charge in [-0.2, -0.15) is 0 Å². The van der Waals surface area contributed by atoms with E-state index < -0.39 is 0 Å². The van der Waals surface area contributed by atoms with Gasteiger partial charge in [-0.1, -0.05) is 13.8 Å². The summed E-state index contributed by atoms with van der Waals surface area (Å²) in [6, 6.07) is 0. The lowest BCUT2D eigenvalue weighted by molar-refractivity contribution is -0.131. The van der Waals surface area contributed by atoms with E-state index >= 15 is 0 Å². The first-order valence-corrected chi connectivity index (χ1v) is 6.01. The highest BCUT2D eigenvalue weighted by atomic mass is 16.5. The molecule has 0 aromatic heterocycles. The minimum atomic E-state index is 0.0975. The van der Waals surface area contributed by atoms with Gasteiger partial charge in [0.2, 0.25) is 0 Å². The van der Waals surface area contributed by atoms with Crippen LogP contribution in [0, 0.1) is 5.92 Å². The molecule has 0 radical (unpaired) electrons. The van der Waals surface area contributed by atoms with Gasteiger partial charge >= 0.3 is 0 Å². The molecule has 1 saturated heterocycles. The number of carbonyl (C=O) groups excluding carboxylic acids is 1. The van der Waals surface area contributed by atoms with Crippen molar-refractivity contribution in [1.29, 1.82) is 0 Å². The Morgan fingerprint density at radius 3 is 2.80 bits per heavy atom. The van der Waals surface area contributed by atoms with E-state index in [1.165, 1.54) is 0 Å². The van der Waals surface area contributed by atoms with E-state index in [0.717, 1.165) is 32.5 Å². The fourth-order valence-corrected chi connectivity index (χ4v) is 2.13. The molecule has 3 nitrogen and oxygen atoms in total. The zero-order chi connectivity index (χ0) is 11.3. The summed E-state index contributed by atoms with van der Waals surface area (Å²) in [7, 11) is 2.08. The monoisotopic (exact) mass is 213 g/mol. The molecular formula is C12H23NO2. The average molecular weight is 213 g/mol. The van der Waals surface area contributed by atoms with Gasteiger partial charge in [-0.25, -0.2) is 0 Å². The first-order chi connectivity index (χ1) is 7.19. The summed E-state index contributed by atoms with van der Waals surface area (Å²) >= 11 is 0. The lowest BCUT2D eigenvalue weighted by Gasteiger charge is -2.35. The van der Waals surface area contributed by atoms with Crippen molar-refractivity contribution in [2.45, 2.75) is 39.2 Å². The Labute approximate surface area is 92.8 Å². The van der Waals surface area contributed by atoms with Crippen molar-refractivity contribution in [2.24, 2.45) is 5.92 Å². The fraction of sp³-hybridized carbons (Fsp3) is 0.917. The lowest BCUT2D eigenvalue weighted by Crippen LogP contribution is -2.46. The second-order valence-electron chi connectivity index (χ2n) is 4.39. The van der Waals surface area contributed by atoms with E-state index in [2.05, 4.69) is 18.9 Å². The normalized spacial score (nSPS) is 27.9. The van der Waals surface area contributed by atoms with Crippen molar-refractivity contribution in [1.82, 2.24) is 4.90 Å². The van der Waals surface area contributed by atoms with E-state index in [4.69, 9.17) is 4.74 Å². The highest BCUT2D eigenvalue weighted by Gasteiger charge is 2.32. The second-order valence-corrected chi connectivity index (χ2v) is 4.39. The quantitative estimate of drug-likeness (QED) is 0.696. The molecule has 0 aromatic carbocycles. The van der Waals surface area contributed by atoms with Gasteiger partial charge in [-0.3, -0.25) is 4.79 Å². The van der Waals surface area contributed by atoms with Gasteiger partial charge in [-0.05, 0) is 19.9 Å². The maximum absolute atomic E-state index is 11.8. The van der Waals surface area contributed by atoms with E-state index in [1.807, 2.05) is 6.92 Å². The number of Topliss-reactive ketones (excluding diaryl/α,β-unsaturated/α-hetero) is 1. The number of ether oxygens (including phenoxy) is 1. The zero-order valence-electron chi connectivity index (χ0n) is 10.2. The van der Waals surface area contributed by atoms with Crippen molar-refractivity contribution in [3.05, 3.63) is 0 Å². The molecule has 0 bridgehead atoms. The molecule has 0 amide bonds. The number of rotatable bonds is 5. The third-order valence-electron chi connectivity index (χ3n) is 3.05. The molecule has 1 rings (SSSR count). The van der Waals surface area contributed by atoms with Crippen molar-refractivity contribution in [3.8, 4) is 0 Å². The molecule has 1 aliphatic rings. The molecule has 1 heterocycles. The predicted octanol–water partition coefficient (Wildman–Crippen LogP) is 1.71. The Morgan fingerprint density at radius 1 is 1.47 bits per heavy atom. The van der Waals surface area contributed by atoms with Crippen LogP contribution in [0.3, 0.4) is 0 Å². The number of hydrogen-bond donors (Lipinski definition) is 0. The van der Waals surface area contributed by atoms with Gasteiger partial charge in [0.05, 0.1) is 12.0 Å². The molecule has 0 spiro atoms. The summed E-state index contributed by atoms with van der Waals surface area (Å²) in [5, 5.41) is 0. The van der Waals surface area contributed by atoms with Gasteiger partial charge < -0.3 is 9.64 Å². The summed E-state index contributed by atoms with van der Waals surface area (Å²) in [6.45, 7) is 6.73. The molecule has 0 aliphatic carbocycles. The van der Waals surface area contributed by atoms with Gasteiger partial charge in [0.25, 0.3) is 0 Å². The van der Waals surface area contributed by atoms with Gasteiger partial charge in [0.15, 0.2) is 0 Å². The molecule has 2 atom stereocenters. The van der Waals surface area contributed by atoms with Crippen LogP contribution in [0.15, 0.2) is 0 Å². The SMILES string of the molecule is CCCOC1CCN(C)CC1C(=O)CC. The Balaban J connectivity index is 2.53. The third kappa shape index (κ3) is 3.58. The molecule has 1 fully saturated rings. The Hall–Kier alpha value is -0.410. The Kier molecular flexibility index (Phi) is 5.26. The van der Waals surface area contributed by atoms with E-state index in [9.17, 15) is 4.79 Å². The largest absolute Gasteiger partial charge is 0.377 e. The van der Waals surface area contributed by atoms with Gasteiger partial charge in [0.1, 0.15) is 5.78 Å². The topological polar surface area (TPSA) is 29.5 Å². The minimum Gasteiger partial charge on any atom is -0.377 e. The van der Waals surface area contributed by atoms with Crippen molar-refractivity contribution < 1.29 is 9.53 Å². The van der Waals surface area contributed by atoms with Crippen molar-refractivity contribution >= 4 is 5.78 Å². The first-order valence-electron chi connectivity index (χ1n) is 6.01. The molecule has 3 heteroatoms. The summed E-state index contributed by atoms with van der Waals surface area (Å²) in [4.78, 5) is 14.0. The molecule has 88 valence electrons. The van der Waals surface area contributed by atoms with Gasteiger partial charge in [0, 0.05) is 26.1 Å². The van der Waals surface area contributed by atoms with Crippen LogP contribution in [0.2, 0.25) is 0 Å². The Morgan fingerprint density at radius 2 is 2.20 bits per heavy atom. The summed E-state index contributed by atoms with van der Waals surface area (Å²) in [5.41, 5.74) is 0. The highest BCUT2D eigenvalue weighted by Crippen LogP contribution is 2.21. The van der Waals surface area contributed by atoms with Crippen LogP contribution < -0.4 is 0 Å². The van der Waals surface area contributed by atoms with Crippen LogP contribution in [-0.2, 0) is 9.53 Å². The number of carbonyl (C=O) groups is 1. The van der Waals surface area contributed by atoms with Crippen LogP contribution in [-0.4, -0.2) is 43.5 Å². The van der Waals surface area contributed by atoms with E-state index in [-0.39, 0.29) is 12.0 Å². The standard InChI is InChI=1S/C12H23NO2/c1-4-8-15-12-6-7-13(3)9-10(12)11(14)5-2/h10,12H,4-9H2,1-3H3. The maximum Gasteiger partial charge on any atom is 0.139 e. The summed E-state index contributed by atoms with van der Waals surface area (Å²) in [5.74, 6) is 0.447. The molecule has 15 heavy (non-hydrogen) atoms. The van der Waals surface area contributed by atoms with Crippen LogP contribution in [0.25, 0.3) is 0 Å². The highest BCUT2D eigenvalue weighted by molar-refractivity contribution is 5.81. The molecule has 2 unspecified atom stereocenters. The average Bonchev–Trinajstić information content (AvgIpc) is 2.26. The molecule has 0 N–H and O–H groups in total. The van der Waals surface area contributed by atoms with Crippen molar-refractivity contribution in [2.75, 3.05) is 26.7 Å². The number of nitrogens with zero attached hydrogens (tertiary/aromatic N) is 1. The summed E-state index contributed by atoms with van der Waals surface area (Å²) < 4.78 is 5.77. The predicted molar refractivity (Wildman–Crippen MR) is 60.9 cm³/mol. The third-order valence-corrected chi connectivity index (χ3v) is 3.05. The lowest BCUT2D eigenvalue weighted by atomic mass is 9.90. The molecule has 0 aromatic rings.